The van der Waals surface area contributed by atoms with Gasteiger partial charge in [0.1, 0.15) is 5.54 Å². The second-order valence-corrected chi connectivity index (χ2v) is 4.43. The number of rotatable bonds is 8. The normalized spacial score (nSPS) is 15.3. The summed E-state index contributed by atoms with van der Waals surface area (Å²) in [6.07, 6.45) is 1.50. The van der Waals surface area contributed by atoms with Gasteiger partial charge in [0.2, 0.25) is 0 Å². The van der Waals surface area contributed by atoms with E-state index in [0.717, 1.165) is 6.42 Å². The van der Waals surface area contributed by atoms with E-state index in [1.54, 1.807) is 14.0 Å². The summed E-state index contributed by atoms with van der Waals surface area (Å²) in [6.45, 7) is 7.13. The Morgan fingerprint density at radius 2 is 2.07 bits per heavy atom. The van der Waals surface area contributed by atoms with Crippen LogP contribution in [0, 0.1) is 5.92 Å². The van der Waals surface area contributed by atoms with E-state index in [1.807, 2.05) is 0 Å². The molecule has 4 nitrogen and oxygen atoms in total. The van der Waals surface area contributed by atoms with Crippen molar-refractivity contribution in [2.45, 2.75) is 39.2 Å². The van der Waals surface area contributed by atoms with Crippen LogP contribution in [0.25, 0.3) is 0 Å². The number of ether oxygens (including phenoxy) is 1. The van der Waals surface area contributed by atoms with Crippen molar-refractivity contribution in [1.82, 2.24) is 5.32 Å². The van der Waals surface area contributed by atoms with Crippen molar-refractivity contribution >= 4 is 5.97 Å². The molecule has 0 rings (SSSR count). The highest BCUT2D eigenvalue weighted by Crippen LogP contribution is 2.09. The lowest BCUT2D eigenvalue weighted by Crippen LogP contribution is -2.48. The Balaban J connectivity index is 3.69. The smallest absolute Gasteiger partial charge is 0.323 e. The van der Waals surface area contributed by atoms with E-state index >= 15 is 0 Å². The van der Waals surface area contributed by atoms with E-state index in [2.05, 4.69) is 19.2 Å². The minimum Gasteiger partial charge on any atom is -0.480 e. The molecule has 0 aliphatic heterocycles. The van der Waals surface area contributed by atoms with E-state index in [0.29, 0.717) is 25.6 Å². The lowest BCUT2D eigenvalue weighted by atomic mass is 9.99. The summed E-state index contributed by atoms with van der Waals surface area (Å²) in [7, 11) is 1.65. The predicted molar refractivity (Wildman–Crippen MR) is 60.0 cm³/mol. The molecule has 0 aromatic rings. The van der Waals surface area contributed by atoms with Crippen molar-refractivity contribution in [2.24, 2.45) is 5.92 Å². The minimum absolute atomic E-state index is 0.483. The fourth-order valence-electron chi connectivity index (χ4n) is 1.04. The first-order valence-corrected chi connectivity index (χ1v) is 5.42. The molecule has 0 spiro atoms. The van der Waals surface area contributed by atoms with Gasteiger partial charge in [0.15, 0.2) is 0 Å². The summed E-state index contributed by atoms with van der Waals surface area (Å²) in [6, 6.07) is 0. The summed E-state index contributed by atoms with van der Waals surface area (Å²) in [5, 5.41) is 11.8. The van der Waals surface area contributed by atoms with E-state index in [1.165, 1.54) is 0 Å². The van der Waals surface area contributed by atoms with Crippen LogP contribution in [0.1, 0.15) is 33.6 Å². The molecule has 0 heterocycles. The minimum atomic E-state index is -0.877. The first-order valence-electron chi connectivity index (χ1n) is 5.42. The summed E-state index contributed by atoms with van der Waals surface area (Å²) >= 11 is 0. The summed E-state index contributed by atoms with van der Waals surface area (Å²) in [5.74, 6) is -0.211. The highest BCUT2D eigenvalue weighted by molar-refractivity contribution is 5.78. The monoisotopic (exact) mass is 217 g/mol. The predicted octanol–water partition coefficient (Wildman–Crippen LogP) is 1.50. The second kappa shape index (κ2) is 6.80. The van der Waals surface area contributed by atoms with E-state index in [-0.39, 0.29) is 0 Å². The zero-order valence-electron chi connectivity index (χ0n) is 10.2. The molecule has 0 bridgehead atoms. The van der Waals surface area contributed by atoms with E-state index in [4.69, 9.17) is 9.84 Å². The van der Waals surface area contributed by atoms with Crippen molar-refractivity contribution in [2.75, 3.05) is 20.3 Å². The number of carboxylic acid groups (broad SMARTS) is 1. The Bertz CT molecular complexity index is 194. The fraction of sp³-hybridized carbons (Fsp3) is 0.909. The van der Waals surface area contributed by atoms with Gasteiger partial charge in [0.05, 0.1) is 0 Å². The average Bonchev–Trinajstić information content (AvgIpc) is 2.16. The molecule has 1 atom stereocenters. The standard InChI is InChI=1S/C11H23NO3/c1-9(2)5-7-15-8-6-11(3,12-4)10(13)14/h9,12H,5-8H2,1-4H3,(H,13,14). The van der Waals surface area contributed by atoms with Crippen LogP contribution in [-0.2, 0) is 9.53 Å². The third-order valence-electron chi connectivity index (χ3n) is 2.61. The van der Waals surface area contributed by atoms with Crippen molar-refractivity contribution in [3.05, 3.63) is 0 Å². The van der Waals surface area contributed by atoms with Gasteiger partial charge < -0.3 is 15.2 Å². The van der Waals surface area contributed by atoms with Gasteiger partial charge in [-0.3, -0.25) is 4.79 Å². The van der Waals surface area contributed by atoms with Crippen LogP contribution in [0.5, 0.6) is 0 Å². The quantitative estimate of drug-likeness (QED) is 0.605. The van der Waals surface area contributed by atoms with Crippen LogP contribution in [0.3, 0.4) is 0 Å². The van der Waals surface area contributed by atoms with Gasteiger partial charge in [-0.1, -0.05) is 13.8 Å². The van der Waals surface area contributed by atoms with Gasteiger partial charge in [0.25, 0.3) is 0 Å². The Morgan fingerprint density at radius 3 is 2.47 bits per heavy atom. The third-order valence-corrected chi connectivity index (χ3v) is 2.61. The van der Waals surface area contributed by atoms with Crippen LogP contribution < -0.4 is 5.32 Å². The maximum Gasteiger partial charge on any atom is 0.323 e. The Kier molecular flexibility index (Phi) is 6.52. The van der Waals surface area contributed by atoms with Crippen LogP contribution in [-0.4, -0.2) is 36.9 Å². The van der Waals surface area contributed by atoms with Crippen molar-refractivity contribution < 1.29 is 14.6 Å². The lowest BCUT2D eigenvalue weighted by Gasteiger charge is -2.23. The van der Waals surface area contributed by atoms with Gasteiger partial charge in [-0.2, -0.15) is 0 Å². The molecule has 0 aromatic carbocycles. The molecule has 0 radical (unpaired) electrons. The van der Waals surface area contributed by atoms with Gasteiger partial charge in [-0.25, -0.2) is 0 Å². The first kappa shape index (κ1) is 14.4. The molecule has 0 saturated heterocycles. The molecule has 0 aliphatic rings. The number of hydrogen-bond acceptors (Lipinski definition) is 3. The highest BCUT2D eigenvalue weighted by Gasteiger charge is 2.30. The maximum atomic E-state index is 10.9. The number of hydrogen-bond donors (Lipinski definition) is 2. The number of likely N-dealkylation sites (N-methyl/N-ethyl adjacent to an activating group) is 1. The second-order valence-electron chi connectivity index (χ2n) is 4.43. The maximum absolute atomic E-state index is 10.9. The van der Waals surface area contributed by atoms with Crippen LogP contribution in [0.4, 0.5) is 0 Å². The van der Waals surface area contributed by atoms with Crippen LogP contribution >= 0.6 is 0 Å². The number of carboxylic acids is 1. The molecule has 1 unspecified atom stereocenters. The lowest BCUT2D eigenvalue weighted by molar-refractivity contribution is -0.144. The van der Waals surface area contributed by atoms with Gasteiger partial charge in [0, 0.05) is 13.2 Å². The van der Waals surface area contributed by atoms with E-state index < -0.39 is 11.5 Å². The third kappa shape index (κ3) is 5.74. The van der Waals surface area contributed by atoms with Crippen molar-refractivity contribution in [3.8, 4) is 0 Å². The van der Waals surface area contributed by atoms with Crippen molar-refractivity contribution in [3.63, 3.8) is 0 Å². The molecule has 90 valence electrons. The zero-order chi connectivity index (χ0) is 11.9. The number of aliphatic carboxylic acids is 1. The van der Waals surface area contributed by atoms with Crippen molar-refractivity contribution in [1.29, 1.82) is 0 Å². The first-order chi connectivity index (χ1) is 6.92. The molecular weight excluding hydrogens is 194 g/mol. The fourth-order valence-corrected chi connectivity index (χ4v) is 1.04. The average molecular weight is 217 g/mol. The molecule has 0 aliphatic carbocycles. The summed E-state index contributed by atoms with van der Waals surface area (Å²) < 4.78 is 5.39. The summed E-state index contributed by atoms with van der Waals surface area (Å²) in [5.41, 5.74) is -0.877. The Morgan fingerprint density at radius 1 is 1.47 bits per heavy atom. The Hall–Kier alpha value is -0.610. The molecule has 4 heteroatoms. The largest absolute Gasteiger partial charge is 0.480 e. The van der Waals surface area contributed by atoms with Gasteiger partial charge in [-0.05, 0) is 32.7 Å². The highest BCUT2D eigenvalue weighted by atomic mass is 16.5. The SMILES string of the molecule is CNC(C)(CCOCCC(C)C)C(=O)O. The Labute approximate surface area is 92.0 Å². The van der Waals surface area contributed by atoms with Crippen LogP contribution in [0.15, 0.2) is 0 Å². The zero-order valence-corrected chi connectivity index (χ0v) is 10.2. The molecule has 0 saturated carbocycles. The van der Waals surface area contributed by atoms with Gasteiger partial charge >= 0.3 is 5.97 Å². The number of carbonyl (C=O) groups is 1. The van der Waals surface area contributed by atoms with Crippen LogP contribution in [0.2, 0.25) is 0 Å². The summed E-state index contributed by atoms with van der Waals surface area (Å²) in [4.78, 5) is 10.9. The van der Waals surface area contributed by atoms with E-state index in [9.17, 15) is 4.79 Å². The topological polar surface area (TPSA) is 58.6 Å². The molecule has 15 heavy (non-hydrogen) atoms. The number of nitrogens with one attached hydrogen (secondary N) is 1. The van der Waals surface area contributed by atoms with Gasteiger partial charge in [-0.15, -0.1) is 0 Å². The molecule has 2 N–H and O–H groups in total. The molecule has 0 amide bonds. The molecule has 0 fully saturated rings. The molecular formula is C11H23NO3. The molecule has 0 aromatic heterocycles.